The summed E-state index contributed by atoms with van der Waals surface area (Å²) in [7, 11) is 1.62. The van der Waals surface area contributed by atoms with Crippen LogP contribution in [-0.2, 0) is 17.5 Å². The number of carbonyl (C=O) groups excluding carboxylic acids is 2. The van der Waals surface area contributed by atoms with Gasteiger partial charge in [-0.2, -0.15) is 13.2 Å². The van der Waals surface area contributed by atoms with Crippen LogP contribution < -0.4 is 10.1 Å². The second kappa shape index (κ2) is 10.2. The lowest BCUT2D eigenvalue weighted by Crippen LogP contribution is -2.52. The third kappa shape index (κ3) is 6.93. The zero-order chi connectivity index (χ0) is 27.8. The quantitative estimate of drug-likeness (QED) is 0.479. The van der Waals surface area contributed by atoms with Gasteiger partial charge in [0.05, 0.1) is 28.9 Å². The van der Waals surface area contributed by atoms with Crippen LogP contribution in [0.15, 0.2) is 30.5 Å². The van der Waals surface area contributed by atoms with Crippen molar-refractivity contribution >= 4 is 12.0 Å². The Bertz CT molecular complexity index is 1170. The summed E-state index contributed by atoms with van der Waals surface area (Å²) in [6.07, 6.45) is -3.45. The predicted molar refractivity (Wildman–Crippen MR) is 133 cm³/mol. The van der Waals surface area contributed by atoms with E-state index in [0.29, 0.717) is 29.8 Å². The van der Waals surface area contributed by atoms with E-state index in [4.69, 9.17) is 9.47 Å². The molecule has 0 spiro atoms. The van der Waals surface area contributed by atoms with E-state index in [9.17, 15) is 22.8 Å². The molecule has 7 nitrogen and oxygen atoms in total. The van der Waals surface area contributed by atoms with Crippen molar-refractivity contribution in [3.05, 3.63) is 47.3 Å². The number of nitrogens with one attached hydrogen (secondary N) is 1. The monoisotopic (exact) mass is 521 g/mol. The van der Waals surface area contributed by atoms with Gasteiger partial charge in [-0.25, -0.2) is 4.79 Å². The average molecular weight is 522 g/mol. The predicted octanol–water partition coefficient (Wildman–Crippen LogP) is 6.06. The first-order valence-electron chi connectivity index (χ1n) is 12.1. The number of amides is 2. The van der Waals surface area contributed by atoms with Crippen LogP contribution in [-0.4, -0.2) is 46.7 Å². The minimum atomic E-state index is -4.71. The maximum atomic E-state index is 14.1. The Balaban J connectivity index is 1.92. The first-order valence-corrected chi connectivity index (χ1v) is 12.1. The number of ether oxygens (including phenoxy) is 2. The topological polar surface area (TPSA) is 80.8 Å². The Morgan fingerprint density at radius 2 is 1.84 bits per heavy atom. The van der Waals surface area contributed by atoms with Gasteiger partial charge in [-0.3, -0.25) is 9.78 Å². The maximum Gasteiger partial charge on any atom is 0.419 e. The van der Waals surface area contributed by atoms with E-state index < -0.39 is 29.0 Å². The highest BCUT2D eigenvalue weighted by Gasteiger charge is 2.37. The lowest BCUT2D eigenvalue weighted by Gasteiger charge is -2.33. The van der Waals surface area contributed by atoms with Crippen LogP contribution in [0.3, 0.4) is 0 Å². The fourth-order valence-electron chi connectivity index (χ4n) is 4.47. The third-order valence-corrected chi connectivity index (χ3v) is 5.78. The van der Waals surface area contributed by atoms with Crippen LogP contribution in [0.25, 0.3) is 11.1 Å². The van der Waals surface area contributed by atoms with Crippen molar-refractivity contribution in [1.29, 1.82) is 0 Å². The van der Waals surface area contributed by atoms with Gasteiger partial charge < -0.3 is 19.7 Å². The smallest absolute Gasteiger partial charge is 0.419 e. The molecule has 0 radical (unpaired) electrons. The molecule has 10 heteroatoms. The number of carbonyl (C=O) groups is 2. The van der Waals surface area contributed by atoms with Gasteiger partial charge >= 0.3 is 12.3 Å². The normalized spacial score (nSPS) is 15.4. The zero-order valence-electron chi connectivity index (χ0n) is 22.2. The summed E-state index contributed by atoms with van der Waals surface area (Å²) in [6, 6.07) is 5.26. The Kier molecular flexibility index (Phi) is 7.81. The van der Waals surface area contributed by atoms with Crippen molar-refractivity contribution in [1.82, 2.24) is 15.2 Å². The van der Waals surface area contributed by atoms with Gasteiger partial charge in [0.25, 0.3) is 5.91 Å². The van der Waals surface area contributed by atoms with Gasteiger partial charge in [0, 0.05) is 13.2 Å². The van der Waals surface area contributed by atoms with Crippen LogP contribution in [0, 0.1) is 5.92 Å². The number of alkyl halides is 3. The molecule has 0 fully saturated rings. The largest absolute Gasteiger partial charge is 0.491 e. The summed E-state index contributed by atoms with van der Waals surface area (Å²) >= 11 is 0. The number of aromatic nitrogens is 1. The van der Waals surface area contributed by atoms with E-state index >= 15 is 0 Å². The number of fused-ring (bicyclic) bond motifs is 1. The highest BCUT2D eigenvalue weighted by molar-refractivity contribution is 6.03. The summed E-state index contributed by atoms with van der Waals surface area (Å²) in [5, 5.41) is 2.77. The van der Waals surface area contributed by atoms with E-state index in [1.54, 1.807) is 34.7 Å². The Labute approximate surface area is 215 Å². The standard InChI is InChI=1S/C27H34F3N3O4/c1-16(2)13-26(6,32-24(35)37-25(3,4)5)15-36-21-9-8-17(12-19(21)27(28,29)30)18-10-11-31-20-14-33(7)23(34)22(18)20/h8-12,16H,13-15H2,1-7H3,(H,32,35)/t26-/m0/s1. The molecule has 0 bridgehead atoms. The van der Waals surface area contributed by atoms with Crippen LogP contribution in [0.4, 0.5) is 18.0 Å². The minimum absolute atomic E-state index is 0.123. The molecule has 0 aliphatic carbocycles. The van der Waals surface area contributed by atoms with Crippen molar-refractivity contribution in [3.8, 4) is 16.9 Å². The van der Waals surface area contributed by atoms with E-state index in [-0.39, 0.29) is 29.7 Å². The molecule has 202 valence electrons. The number of pyridine rings is 1. The van der Waals surface area contributed by atoms with Crippen LogP contribution >= 0.6 is 0 Å². The van der Waals surface area contributed by atoms with Gasteiger partial charge in [-0.05, 0) is 69.4 Å². The molecule has 37 heavy (non-hydrogen) atoms. The summed E-state index contributed by atoms with van der Waals surface area (Å²) in [6.45, 7) is 10.9. The van der Waals surface area contributed by atoms with Gasteiger partial charge in [0.1, 0.15) is 18.0 Å². The Morgan fingerprint density at radius 3 is 2.43 bits per heavy atom. The SMILES string of the molecule is CC(C)C[C@@](C)(COc1ccc(-c2ccnc3c2C(=O)N(C)C3)cc1C(F)(F)F)NC(=O)OC(C)(C)C. The summed E-state index contributed by atoms with van der Waals surface area (Å²) < 4.78 is 53.4. The first kappa shape index (κ1) is 28.3. The van der Waals surface area contributed by atoms with Crippen molar-refractivity contribution < 1.29 is 32.2 Å². The molecule has 1 aromatic heterocycles. The lowest BCUT2D eigenvalue weighted by atomic mass is 9.91. The van der Waals surface area contributed by atoms with Gasteiger partial charge in [0.2, 0.25) is 0 Å². The second-order valence-electron chi connectivity index (χ2n) is 11.1. The average Bonchev–Trinajstić information content (AvgIpc) is 3.03. The maximum absolute atomic E-state index is 14.1. The number of benzene rings is 1. The molecular weight excluding hydrogens is 487 g/mol. The fourth-order valence-corrected chi connectivity index (χ4v) is 4.47. The van der Waals surface area contributed by atoms with Crippen LogP contribution in [0.5, 0.6) is 5.75 Å². The third-order valence-electron chi connectivity index (χ3n) is 5.78. The lowest BCUT2D eigenvalue weighted by molar-refractivity contribution is -0.139. The van der Waals surface area contributed by atoms with Crippen LogP contribution in [0.2, 0.25) is 0 Å². The number of alkyl carbamates (subject to hydrolysis) is 1. The Hall–Kier alpha value is -3.30. The molecule has 2 amide bonds. The van der Waals surface area contributed by atoms with E-state index in [1.165, 1.54) is 29.3 Å². The van der Waals surface area contributed by atoms with Gasteiger partial charge in [-0.15, -0.1) is 0 Å². The number of hydrogen-bond donors (Lipinski definition) is 1. The summed E-state index contributed by atoms with van der Waals surface area (Å²) in [4.78, 5) is 30.7. The molecule has 2 heterocycles. The van der Waals surface area contributed by atoms with Crippen molar-refractivity contribution in [2.24, 2.45) is 5.92 Å². The van der Waals surface area contributed by atoms with E-state index in [2.05, 4.69) is 10.3 Å². The minimum Gasteiger partial charge on any atom is -0.491 e. The van der Waals surface area contributed by atoms with E-state index in [0.717, 1.165) is 6.07 Å². The number of halogens is 3. The van der Waals surface area contributed by atoms with Crippen LogP contribution in [0.1, 0.15) is 69.6 Å². The van der Waals surface area contributed by atoms with Crippen molar-refractivity contribution in [2.75, 3.05) is 13.7 Å². The molecule has 1 aliphatic rings. The molecule has 0 saturated carbocycles. The highest BCUT2D eigenvalue weighted by Crippen LogP contribution is 2.40. The number of hydrogen-bond acceptors (Lipinski definition) is 5. The first-order chi connectivity index (χ1) is 17.0. The summed E-state index contributed by atoms with van der Waals surface area (Å²) in [5.41, 5.74) is -1.24. The van der Waals surface area contributed by atoms with Crippen molar-refractivity contribution in [3.63, 3.8) is 0 Å². The molecule has 2 aromatic rings. The highest BCUT2D eigenvalue weighted by atomic mass is 19.4. The second-order valence-corrected chi connectivity index (χ2v) is 11.1. The van der Waals surface area contributed by atoms with Crippen molar-refractivity contribution in [2.45, 2.75) is 71.8 Å². The molecule has 3 rings (SSSR count). The summed E-state index contributed by atoms with van der Waals surface area (Å²) in [5.74, 6) is -0.534. The fraction of sp³-hybridized carbons (Fsp3) is 0.519. The number of rotatable bonds is 7. The van der Waals surface area contributed by atoms with E-state index in [1.807, 2.05) is 13.8 Å². The Morgan fingerprint density at radius 1 is 1.16 bits per heavy atom. The molecule has 1 aliphatic heterocycles. The molecule has 0 saturated heterocycles. The van der Waals surface area contributed by atoms with Gasteiger partial charge in [0.15, 0.2) is 0 Å². The molecule has 1 aromatic carbocycles. The zero-order valence-corrected chi connectivity index (χ0v) is 22.2. The molecule has 1 N–H and O–H groups in total. The van der Waals surface area contributed by atoms with Gasteiger partial charge in [-0.1, -0.05) is 19.9 Å². The molecule has 1 atom stereocenters. The number of nitrogens with zero attached hydrogens (tertiary/aromatic N) is 2. The molecular formula is C27H34F3N3O4. The molecule has 0 unspecified atom stereocenters.